The molecule has 0 aliphatic rings. The van der Waals surface area contributed by atoms with Gasteiger partial charge in [-0.25, -0.2) is 0 Å². The van der Waals surface area contributed by atoms with Crippen molar-refractivity contribution in [3.63, 3.8) is 0 Å². The lowest BCUT2D eigenvalue weighted by Gasteiger charge is -2.22. The van der Waals surface area contributed by atoms with Crippen molar-refractivity contribution < 1.29 is 4.79 Å². The van der Waals surface area contributed by atoms with Crippen molar-refractivity contribution in [3.8, 4) is 0 Å². The number of hydrogen-bond acceptors (Lipinski definition) is 2. The Hall–Kier alpha value is -2.16. The molecule has 21 heavy (non-hydrogen) atoms. The van der Waals surface area contributed by atoms with Crippen LogP contribution >= 0.6 is 0 Å². The first-order chi connectivity index (χ1) is 10.3. The van der Waals surface area contributed by atoms with E-state index in [4.69, 9.17) is 0 Å². The Bertz CT molecular complexity index is 540. The smallest absolute Gasteiger partial charge is 0.226 e. The number of rotatable bonds is 7. The molecule has 110 valence electrons. The number of amides is 1. The first-order valence-corrected chi connectivity index (χ1v) is 7.50. The number of aromatic nitrogens is 1. The van der Waals surface area contributed by atoms with Crippen molar-refractivity contribution >= 4 is 5.91 Å². The highest BCUT2D eigenvalue weighted by Crippen LogP contribution is 2.06. The number of nitrogens with zero attached hydrogens (tertiary/aromatic N) is 2. The highest BCUT2D eigenvalue weighted by atomic mass is 16.2. The van der Waals surface area contributed by atoms with E-state index in [1.165, 1.54) is 5.56 Å². The van der Waals surface area contributed by atoms with Gasteiger partial charge in [0.1, 0.15) is 0 Å². The molecule has 2 aromatic rings. The average molecular weight is 282 g/mol. The fourth-order valence-electron chi connectivity index (χ4n) is 2.32. The van der Waals surface area contributed by atoms with Crippen molar-refractivity contribution in [1.29, 1.82) is 0 Å². The van der Waals surface area contributed by atoms with Gasteiger partial charge in [-0.3, -0.25) is 9.78 Å². The van der Waals surface area contributed by atoms with E-state index in [1.54, 1.807) is 6.20 Å². The zero-order chi connectivity index (χ0) is 14.9. The Labute approximate surface area is 126 Å². The van der Waals surface area contributed by atoms with E-state index in [2.05, 4.69) is 18.0 Å². The van der Waals surface area contributed by atoms with Gasteiger partial charge in [0.05, 0.1) is 6.42 Å². The molecule has 2 rings (SSSR count). The third-order valence-corrected chi connectivity index (χ3v) is 3.44. The zero-order valence-electron chi connectivity index (χ0n) is 12.5. The van der Waals surface area contributed by atoms with Crippen LogP contribution in [0.2, 0.25) is 0 Å². The summed E-state index contributed by atoms with van der Waals surface area (Å²) < 4.78 is 0. The predicted octanol–water partition coefficient (Wildman–Crippen LogP) is 3.11. The first kappa shape index (κ1) is 15.2. The molecule has 0 unspecified atom stereocenters. The van der Waals surface area contributed by atoms with Crippen molar-refractivity contribution in [2.45, 2.75) is 26.2 Å². The van der Waals surface area contributed by atoms with E-state index in [1.807, 2.05) is 47.5 Å². The van der Waals surface area contributed by atoms with Crippen LogP contribution in [0.1, 0.15) is 24.5 Å². The Morgan fingerprint density at radius 2 is 1.81 bits per heavy atom. The maximum Gasteiger partial charge on any atom is 0.226 e. The highest BCUT2D eigenvalue weighted by molar-refractivity contribution is 5.78. The van der Waals surface area contributed by atoms with Gasteiger partial charge >= 0.3 is 0 Å². The van der Waals surface area contributed by atoms with Crippen LogP contribution in [0.15, 0.2) is 54.9 Å². The van der Waals surface area contributed by atoms with E-state index in [0.717, 1.165) is 31.5 Å². The Morgan fingerprint density at radius 1 is 1.05 bits per heavy atom. The van der Waals surface area contributed by atoms with E-state index in [0.29, 0.717) is 6.42 Å². The summed E-state index contributed by atoms with van der Waals surface area (Å²) >= 11 is 0. The Morgan fingerprint density at radius 3 is 2.48 bits per heavy atom. The van der Waals surface area contributed by atoms with E-state index in [9.17, 15) is 4.79 Å². The monoisotopic (exact) mass is 282 g/mol. The summed E-state index contributed by atoms with van der Waals surface area (Å²) in [7, 11) is 0. The van der Waals surface area contributed by atoms with Crippen LogP contribution in [0.4, 0.5) is 0 Å². The minimum absolute atomic E-state index is 0.201. The molecule has 1 amide bonds. The maximum atomic E-state index is 12.4. The summed E-state index contributed by atoms with van der Waals surface area (Å²) in [5.41, 5.74) is 2.25. The molecular weight excluding hydrogens is 260 g/mol. The molecule has 0 fully saturated rings. The maximum absolute atomic E-state index is 12.4. The molecule has 0 spiro atoms. The summed E-state index contributed by atoms with van der Waals surface area (Å²) in [6, 6.07) is 13.9. The van der Waals surface area contributed by atoms with Gasteiger partial charge in [-0.15, -0.1) is 0 Å². The van der Waals surface area contributed by atoms with Crippen molar-refractivity contribution in [2.24, 2.45) is 0 Å². The average Bonchev–Trinajstić information content (AvgIpc) is 2.53. The molecular formula is C18H22N2O. The lowest BCUT2D eigenvalue weighted by atomic mass is 10.1. The summed E-state index contributed by atoms with van der Waals surface area (Å²) in [5.74, 6) is 0.201. The molecule has 3 nitrogen and oxygen atoms in total. The molecule has 1 aromatic heterocycles. The van der Waals surface area contributed by atoms with Crippen LogP contribution in [0.3, 0.4) is 0 Å². The molecule has 1 aromatic carbocycles. The Kier molecular flexibility index (Phi) is 5.95. The molecule has 0 N–H and O–H groups in total. The number of pyridine rings is 1. The standard InChI is InChI=1S/C18H22N2O/c1-2-12-20(13-10-17-9-6-11-19-15-17)18(21)14-16-7-4-3-5-8-16/h3-9,11,15H,2,10,12-14H2,1H3. The SMILES string of the molecule is CCCN(CCc1cccnc1)C(=O)Cc1ccccc1. The second-order valence-corrected chi connectivity index (χ2v) is 5.15. The molecule has 0 atom stereocenters. The number of hydrogen-bond donors (Lipinski definition) is 0. The van der Waals surface area contributed by atoms with Gasteiger partial charge in [-0.1, -0.05) is 43.3 Å². The summed E-state index contributed by atoms with van der Waals surface area (Å²) in [6.45, 7) is 3.67. The van der Waals surface area contributed by atoms with Crippen LogP contribution in [-0.2, 0) is 17.6 Å². The normalized spacial score (nSPS) is 10.3. The fraction of sp³-hybridized carbons (Fsp3) is 0.333. The summed E-state index contributed by atoms with van der Waals surface area (Å²) in [5, 5.41) is 0. The van der Waals surface area contributed by atoms with Gasteiger partial charge in [0.15, 0.2) is 0 Å². The van der Waals surface area contributed by atoms with Gasteiger partial charge in [0, 0.05) is 25.5 Å². The van der Waals surface area contributed by atoms with Gasteiger partial charge in [0.25, 0.3) is 0 Å². The van der Waals surface area contributed by atoms with Crippen molar-refractivity contribution in [2.75, 3.05) is 13.1 Å². The topological polar surface area (TPSA) is 33.2 Å². The van der Waals surface area contributed by atoms with Crippen LogP contribution < -0.4 is 0 Å². The first-order valence-electron chi connectivity index (χ1n) is 7.50. The second kappa shape index (κ2) is 8.20. The third-order valence-electron chi connectivity index (χ3n) is 3.44. The molecule has 0 bridgehead atoms. The molecule has 0 radical (unpaired) electrons. The number of carbonyl (C=O) groups excluding carboxylic acids is 1. The Balaban J connectivity index is 1.93. The molecule has 0 saturated carbocycles. The molecule has 0 saturated heterocycles. The minimum Gasteiger partial charge on any atom is -0.342 e. The van der Waals surface area contributed by atoms with Crippen LogP contribution in [0.5, 0.6) is 0 Å². The largest absolute Gasteiger partial charge is 0.342 e. The highest BCUT2D eigenvalue weighted by Gasteiger charge is 2.13. The van der Waals surface area contributed by atoms with Gasteiger partial charge in [0.2, 0.25) is 5.91 Å². The lowest BCUT2D eigenvalue weighted by Crippen LogP contribution is -2.34. The molecule has 1 heterocycles. The van der Waals surface area contributed by atoms with Gasteiger partial charge < -0.3 is 4.90 Å². The van der Waals surface area contributed by atoms with Gasteiger partial charge in [-0.2, -0.15) is 0 Å². The number of carbonyl (C=O) groups is 1. The molecule has 0 aliphatic heterocycles. The number of benzene rings is 1. The van der Waals surface area contributed by atoms with Crippen LogP contribution in [0, 0.1) is 0 Å². The van der Waals surface area contributed by atoms with Crippen LogP contribution in [-0.4, -0.2) is 28.9 Å². The fourth-order valence-corrected chi connectivity index (χ4v) is 2.32. The second-order valence-electron chi connectivity index (χ2n) is 5.15. The van der Waals surface area contributed by atoms with Crippen molar-refractivity contribution in [1.82, 2.24) is 9.88 Å². The minimum atomic E-state index is 0.201. The molecule has 3 heteroatoms. The summed E-state index contributed by atoms with van der Waals surface area (Å²) in [4.78, 5) is 18.5. The van der Waals surface area contributed by atoms with E-state index >= 15 is 0 Å². The quantitative estimate of drug-likeness (QED) is 0.782. The van der Waals surface area contributed by atoms with Crippen molar-refractivity contribution in [3.05, 3.63) is 66.0 Å². The third kappa shape index (κ3) is 5.03. The van der Waals surface area contributed by atoms with E-state index < -0.39 is 0 Å². The predicted molar refractivity (Wildman–Crippen MR) is 85.0 cm³/mol. The van der Waals surface area contributed by atoms with E-state index in [-0.39, 0.29) is 5.91 Å². The summed E-state index contributed by atoms with van der Waals surface area (Å²) in [6.07, 6.45) is 5.95. The zero-order valence-corrected chi connectivity index (χ0v) is 12.5. The molecule has 0 aliphatic carbocycles. The van der Waals surface area contributed by atoms with Gasteiger partial charge in [-0.05, 0) is 30.0 Å². The lowest BCUT2D eigenvalue weighted by molar-refractivity contribution is -0.130. The van der Waals surface area contributed by atoms with Crippen LogP contribution in [0.25, 0.3) is 0 Å².